The van der Waals surface area contributed by atoms with Gasteiger partial charge < -0.3 is 5.11 Å². The third kappa shape index (κ3) is 2.82. The topological polar surface area (TPSA) is 55.1 Å². The van der Waals surface area contributed by atoms with E-state index in [1.165, 1.54) is 10.9 Å². The summed E-state index contributed by atoms with van der Waals surface area (Å²) < 4.78 is 1.40. The van der Waals surface area contributed by atoms with Crippen molar-refractivity contribution in [2.24, 2.45) is 0 Å². The molecular formula is C16H13ClN2O2. The minimum atomic E-state index is -0.762. The fourth-order valence-corrected chi connectivity index (χ4v) is 2.40. The summed E-state index contributed by atoms with van der Waals surface area (Å²) in [6.07, 6.45) is 0.687. The van der Waals surface area contributed by atoms with Crippen molar-refractivity contribution in [2.45, 2.75) is 12.6 Å². The van der Waals surface area contributed by atoms with Crippen molar-refractivity contribution >= 4 is 22.5 Å². The number of aliphatic hydroxyl groups is 1. The molecule has 1 atom stereocenters. The SMILES string of the molecule is O=c1c2cc(Cl)ccc2ncn1CC(O)c1ccccc1. The van der Waals surface area contributed by atoms with Gasteiger partial charge in [0.25, 0.3) is 5.56 Å². The summed E-state index contributed by atoms with van der Waals surface area (Å²) in [6, 6.07) is 14.2. The molecule has 0 spiro atoms. The summed E-state index contributed by atoms with van der Waals surface area (Å²) in [6.45, 7) is 0.151. The van der Waals surface area contributed by atoms with Gasteiger partial charge in [-0.25, -0.2) is 4.98 Å². The maximum Gasteiger partial charge on any atom is 0.261 e. The van der Waals surface area contributed by atoms with E-state index in [1.54, 1.807) is 18.2 Å². The van der Waals surface area contributed by atoms with Crippen LogP contribution in [0, 0.1) is 0 Å². The minimum Gasteiger partial charge on any atom is -0.387 e. The highest BCUT2D eigenvalue weighted by molar-refractivity contribution is 6.31. The molecule has 3 aromatic rings. The van der Waals surface area contributed by atoms with Gasteiger partial charge in [-0.3, -0.25) is 9.36 Å². The Balaban J connectivity index is 1.98. The minimum absolute atomic E-state index is 0.151. The summed E-state index contributed by atoms with van der Waals surface area (Å²) >= 11 is 5.92. The average molecular weight is 301 g/mol. The van der Waals surface area contributed by atoms with Crippen molar-refractivity contribution in [1.29, 1.82) is 0 Å². The van der Waals surface area contributed by atoms with Gasteiger partial charge in [0.05, 0.1) is 29.9 Å². The average Bonchev–Trinajstić information content (AvgIpc) is 2.51. The third-order valence-electron chi connectivity index (χ3n) is 3.34. The normalized spacial score (nSPS) is 12.5. The number of rotatable bonds is 3. The first kappa shape index (κ1) is 13.8. The van der Waals surface area contributed by atoms with Crippen molar-refractivity contribution in [3.05, 3.63) is 75.8 Å². The largest absolute Gasteiger partial charge is 0.387 e. The van der Waals surface area contributed by atoms with Crippen LogP contribution in [-0.2, 0) is 6.54 Å². The Kier molecular flexibility index (Phi) is 3.73. The van der Waals surface area contributed by atoms with Gasteiger partial charge in [0, 0.05) is 5.02 Å². The van der Waals surface area contributed by atoms with E-state index in [9.17, 15) is 9.90 Å². The highest BCUT2D eigenvalue weighted by Gasteiger charge is 2.11. The van der Waals surface area contributed by atoms with Gasteiger partial charge in [0.15, 0.2) is 0 Å². The predicted octanol–water partition coefficient (Wildman–Crippen LogP) is 2.78. The fraction of sp³-hybridized carbons (Fsp3) is 0.125. The number of aliphatic hydroxyl groups excluding tert-OH is 1. The molecule has 0 radical (unpaired) electrons. The van der Waals surface area contributed by atoms with Crippen LogP contribution in [0.2, 0.25) is 5.02 Å². The first-order valence-corrected chi connectivity index (χ1v) is 6.90. The molecule has 106 valence electrons. The van der Waals surface area contributed by atoms with Crippen LogP contribution in [0.15, 0.2) is 59.7 Å². The Hall–Kier alpha value is -2.17. The lowest BCUT2D eigenvalue weighted by atomic mass is 10.1. The van der Waals surface area contributed by atoms with Gasteiger partial charge in [-0.2, -0.15) is 0 Å². The van der Waals surface area contributed by atoms with Crippen molar-refractivity contribution in [3.63, 3.8) is 0 Å². The summed E-state index contributed by atoms with van der Waals surface area (Å²) in [5.74, 6) is 0. The van der Waals surface area contributed by atoms with E-state index in [2.05, 4.69) is 4.98 Å². The molecule has 1 N–H and O–H groups in total. The maximum absolute atomic E-state index is 12.4. The predicted molar refractivity (Wildman–Crippen MR) is 82.4 cm³/mol. The summed E-state index contributed by atoms with van der Waals surface area (Å²) in [7, 11) is 0. The summed E-state index contributed by atoms with van der Waals surface area (Å²) in [5, 5.41) is 11.1. The van der Waals surface area contributed by atoms with E-state index in [0.717, 1.165) is 5.56 Å². The summed E-state index contributed by atoms with van der Waals surface area (Å²) in [4.78, 5) is 16.6. The molecule has 0 amide bonds. The Bertz CT molecular complexity index is 831. The molecule has 21 heavy (non-hydrogen) atoms. The molecular weight excluding hydrogens is 288 g/mol. The number of halogens is 1. The van der Waals surface area contributed by atoms with Crippen molar-refractivity contribution in [1.82, 2.24) is 9.55 Å². The number of aromatic nitrogens is 2. The van der Waals surface area contributed by atoms with Crippen LogP contribution < -0.4 is 5.56 Å². The zero-order valence-electron chi connectivity index (χ0n) is 11.1. The lowest BCUT2D eigenvalue weighted by molar-refractivity contribution is 0.155. The second kappa shape index (κ2) is 5.68. The van der Waals surface area contributed by atoms with E-state index in [0.29, 0.717) is 15.9 Å². The van der Waals surface area contributed by atoms with E-state index < -0.39 is 6.10 Å². The number of nitrogens with zero attached hydrogens (tertiary/aromatic N) is 2. The van der Waals surface area contributed by atoms with Gasteiger partial charge in [-0.1, -0.05) is 41.9 Å². The molecule has 0 aliphatic carbocycles. The summed E-state index contributed by atoms with van der Waals surface area (Å²) in [5.41, 5.74) is 1.14. The van der Waals surface area contributed by atoms with Gasteiger partial charge in [-0.05, 0) is 23.8 Å². The maximum atomic E-state index is 12.4. The number of hydrogen-bond acceptors (Lipinski definition) is 3. The standard InChI is InChI=1S/C16H13ClN2O2/c17-12-6-7-14-13(8-12)16(21)19(10-18-14)9-15(20)11-4-2-1-3-5-11/h1-8,10,15,20H,9H2. The molecule has 0 saturated heterocycles. The molecule has 5 heteroatoms. The van der Waals surface area contributed by atoms with Gasteiger partial charge in [-0.15, -0.1) is 0 Å². The molecule has 1 unspecified atom stereocenters. The van der Waals surface area contributed by atoms with Crippen LogP contribution >= 0.6 is 11.6 Å². The van der Waals surface area contributed by atoms with Gasteiger partial charge >= 0.3 is 0 Å². The highest BCUT2D eigenvalue weighted by atomic mass is 35.5. The van der Waals surface area contributed by atoms with Crippen LogP contribution in [-0.4, -0.2) is 14.7 Å². The van der Waals surface area contributed by atoms with Crippen LogP contribution in [0.25, 0.3) is 10.9 Å². The number of benzene rings is 2. The van der Waals surface area contributed by atoms with Crippen molar-refractivity contribution < 1.29 is 5.11 Å². The van der Waals surface area contributed by atoms with E-state index in [1.807, 2.05) is 30.3 Å². The smallest absolute Gasteiger partial charge is 0.261 e. The van der Waals surface area contributed by atoms with Crippen LogP contribution in [0.4, 0.5) is 0 Å². The Morgan fingerprint density at radius 2 is 1.95 bits per heavy atom. The third-order valence-corrected chi connectivity index (χ3v) is 3.58. The monoisotopic (exact) mass is 300 g/mol. The van der Waals surface area contributed by atoms with Crippen molar-refractivity contribution in [3.8, 4) is 0 Å². The zero-order valence-corrected chi connectivity index (χ0v) is 11.9. The lowest BCUT2D eigenvalue weighted by Gasteiger charge is -2.13. The molecule has 4 nitrogen and oxygen atoms in total. The van der Waals surface area contributed by atoms with Gasteiger partial charge in [0.1, 0.15) is 0 Å². The molecule has 0 bridgehead atoms. The Labute approximate surface area is 126 Å². The molecule has 0 aliphatic heterocycles. The fourth-order valence-electron chi connectivity index (χ4n) is 2.23. The van der Waals surface area contributed by atoms with Crippen molar-refractivity contribution in [2.75, 3.05) is 0 Å². The molecule has 1 heterocycles. The molecule has 1 aromatic heterocycles. The van der Waals surface area contributed by atoms with Crippen LogP contribution in [0.1, 0.15) is 11.7 Å². The van der Waals surface area contributed by atoms with E-state index >= 15 is 0 Å². The molecule has 3 rings (SSSR count). The molecule has 0 fully saturated rings. The van der Waals surface area contributed by atoms with Crippen LogP contribution in [0.5, 0.6) is 0 Å². The molecule has 0 aliphatic rings. The van der Waals surface area contributed by atoms with Crippen LogP contribution in [0.3, 0.4) is 0 Å². The van der Waals surface area contributed by atoms with E-state index in [4.69, 9.17) is 11.6 Å². The molecule has 2 aromatic carbocycles. The van der Waals surface area contributed by atoms with Gasteiger partial charge in [0.2, 0.25) is 0 Å². The lowest BCUT2D eigenvalue weighted by Crippen LogP contribution is -2.23. The van der Waals surface area contributed by atoms with E-state index in [-0.39, 0.29) is 12.1 Å². The second-order valence-electron chi connectivity index (χ2n) is 4.79. The number of fused-ring (bicyclic) bond motifs is 1. The second-order valence-corrected chi connectivity index (χ2v) is 5.23. The number of hydrogen-bond donors (Lipinski definition) is 1. The quantitative estimate of drug-likeness (QED) is 0.809. The first-order chi connectivity index (χ1) is 10.1. The molecule has 0 saturated carbocycles. The highest BCUT2D eigenvalue weighted by Crippen LogP contribution is 2.16. The Morgan fingerprint density at radius 3 is 2.71 bits per heavy atom. The zero-order chi connectivity index (χ0) is 14.8. The Morgan fingerprint density at radius 1 is 1.19 bits per heavy atom. The first-order valence-electron chi connectivity index (χ1n) is 6.53.